The zero-order valence-corrected chi connectivity index (χ0v) is 12.0. The summed E-state index contributed by atoms with van der Waals surface area (Å²) in [6.07, 6.45) is 1.87. The van der Waals surface area contributed by atoms with Crippen LogP contribution in [0.15, 0.2) is 65.5 Å². The molecule has 0 fully saturated rings. The third kappa shape index (κ3) is 2.14. The summed E-state index contributed by atoms with van der Waals surface area (Å²) in [7, 11) is 0. The molecule has 1 aromatic heterocycles. The highest BCUT2D eigenvalue weighted by Gasteiger charge is 2.25. The molecule has 3 aromatic rings. The van der Waals surface area contributed by atoms with Crippen molar-refractivity contribution < 1.29 is 9.63 Å². The fourth-order valence-corrected chi connectivity index (χ4v) is 2.67. The van der Waals surface area contributed by atoms with Gasteiger partial charge in [-0.15, -0.1) is 4.73 Å². The summed E-state index contributed by atoms with van der Waals surface area (Å²) in [5, 5.41) is 0.454. The fraction of sp³-hybridized carbons (Fsp3) is 0.0556. The first kappa shape index (κ1) is 13.5. The first-order valence-corrected chi connectivity index (χ1v) is 7.19. The fourth-order valence-electron chi connectivity index (χ4n) is 2.67. The van der Waals surface area contributed by atoms with Crippen LogP contribution in [-0.4, -0.2) is 16.0 Å². The summed E-state index contributed by atoms with van der Waals surface area (Å²) in [5.41, 5.74) is 1.42. The maximum atomic E-state index is 12.7. The number of aromatic nitrogens is 2. The van der Waals surface area contributed by atoms with Gasteiger partial charge in [-0.1, -0.05) is 42.5 Å². The van der Waals surface area contributed by atoms with Crippen molar-refractivity contribution in [3.63, 3.8) is 0 Å². The lowest BCUT2D eigenvalue weighted by Gasteiger charge is -2.24. The molecule has 112 valence electrons. The minimum Gasteiger partial charge on any atom is -0.396 e. The standard InChI is InChI=1S/C18H12N2O3/c21-11-13-10-16(12-6-2-1-3-7-12)23-20-17(13)19-15-9-5-4-8-14(15)18(20)22/h1-11,16H. The Morgan fingerprint density at radius 3 is 2.57 bits per heavy atom. The van der Waals surface area contributed by atoms with E-state index in [2.05, 4.69) is 4.98 Å². The van der Waals surface area contributed by atoms with E-state index in [1.165, 1.54) is 0 Å². The van der Waals surface area contributed by atoms with E-state index in [0.29, 0.717) is 22.8 Å². The summed E-state index contributed by atoms with van der Waals surface area (Å²) in [6.45, 7) is 0. The van der Waals surface area contributed by atoms with Crippen LogP contribution in [0.25, 0.3) is 16.5 Å². The molecule has 1 unspecified atom stereocenters. The van der Waals surface area contributed by atoms with Crippen LogP contribution in [0, 0.1) is 0 Å². The van der Waals surface area contributed by atoms with Crippen molar-refractivity contribution in [3.05, 3.63) is 82.4 Å². The van der Waals surface area contributed by atoms with E-state index in [9.17, 15) is 9.59 Å². The minimum absolute atomic E-state index is 0.232. The van der Waals surface area contributed by atoms with Crippen molar-refractivity contribution in [2.24, 2.45) is 0 Å². The molecule has 0 aliphatic carbocycles. The Labute approximate surface area is 131 Å². The predicted octanol–water partition coefficient (Wildman–Crippen LogP) is 2.16. The van der Waals surface area contributed by atoms with Crippen molar-refractivity contribution >= 4 is 22.8 Å². The zero-order valence-electron chi connectivity index (χ0n) is 12.0. The number of hydrogen-bond donors (Lipinski definition) is 0. The first-order chi connectivity index (χ1) is 11.3. The number of benzene rings is 2. The molecule has 1 aliphatic heterocycles. The predicted molar refractivity (Wildman–Crippen MR) is 85.8 cm³/mol. The second-order valence-electron chi connectivity index (χ2n) is 5.23. The molecule has 5 heteroatoms. The Balaban J connectivity index is 1.95. The molecule has 5 nitrogen and oxygen atoms in total. The maximum Gasteiger partial charge on any atom is 0.294 e. The molecule has 0 saturated carbocycles. The molecule has 2 heterocycles. The van der Waals surface area contributed by atoms with Crippen molar-refractivity contribution in [3.8, 4) is 0 Å². The number of para-hydroxylation sites is 1. The topological polar surface area (TPSA) is 61.2 Å². The van der Waals surface area contributed by atoms with Crippen molar-refractivity contribution in [1.82, 2.24) is 9.71 Å². The Bertz CT molecular complexity index is 990. The number of fused-ring (bicyclic) bond motifs is 2. The number of allylic oxidation sites excluding steroid dienone is 1. The number of carbonyl (C=O) groups excluding carboxylic acids is 1. The number of carbonyl (C=O) groups is 1. The summed E-state index contributed by atoms with van der Waals surface area (Å²) in [6, 6.07) is 16.4. The molecule has 0 N–H and O–H groups in total. The van der Waals surface area contributed by atoms with Gasteiger partial charge in [0.1, 0.15) is 0 Å². The van der Waals surface area contributed by atoms with Gasteiger partial charge >= 0.3 is 0 Å². The van der Waals surface area contributed by atoms with Crippen LogP contribution in [-0.2, 0) is 4.79 Å². The third-order valence-electron chi connectivity index (χ3n) is 3.80. The van der Waals surface area contributed by atoms with Gasteiger partial charge in [-0.25, -0.2) is 4.98 Å². The molecule has 1 aliphatic rings. The first-order valence-electron chi connectivity index (χ1n) is 7.19. The molecule has 0 radical (unpaired) electrons. The number of rotatable bonds is 2. The smallest absolute Gasteiger partial charge is 0.294 e. The lowest BCUT2D eigenvalue weighted by atomic mass is 10.1. The molecule has 0 bridgehead atoms. The van der Waals surface area contributed by atoms with Crippen LogP contribution in [0.4, 0.5) is 0 Å². The average molecular weight is 304 g/mol. The molecular weight excluding hydrogens is 292 g/mol. The Morgan fingerprint density at radius 2 is 1.78 bits per heavy atom. The Kier molecular flexibility index (Phi) is 3.05. The quantitative estimate of drug-likeness (QED) is 0.681. The minimum atomic E-state index is -0.510. The van der Waals surface area contributed by atoms with E-state index in [0.717, 1.165) is 10.3 Å². The van der Waals surface area contributed by atoms with Gasteiger partial charge < -0.3 is 4.84 Å². The summed E-state index contributed by atoms with van der Waals surface area (Å²) in [4.78, 5) is 34.3. The average Bonchev–Trinajstić information content (AvgIpc) is 2.62. The molecular formula is C18H12N2O3. The zero-order chi connectivity index (χ0) is 15.8. The lowest BCUT2D eigenvalue weighted by molar-refractivity contribution is -0.103. The van der Waals surface area contributed by atoms with E-state index in [-0.39, 0.29) is 11.4 Å². The molecule has 4 rings (SSSR count). The molecule has 0 amide bonds. The van der Waals surface area contributed by atoms with Crippen molar-refractivity contribution in [1.29, 1.82) is 0 Å². The van der Waals surface area contributed by atoms with Crippen LogP contribution in [0.1, 0.15) is 17.5 Å². The summed E-state index contributed by atoms with van der Waals surface area (Å²) < 4.78 is 1.11. The van der Waals surface area contributed by atoms with Gasteiger partial charge in [-0.3, -0.25) is 9.59 Å². The third-order valence-corrected chi connectivity index (χ3v) is 3.80. The Morgan fingerprint density at radius 1 is 1.04 bits per heavy atom. The van der Waals surface area contributed by atoms with Crippen LogP contribution in [0.2, 0.25) is 0 Å². The van der Waals surface area contributed by atoms with Crippen LogP contribution >= 0.6 is 0 Å². The van der Waals surface area contributed by atoms with E-state index >= 15 is 0 Å². The lowest BCUT2D eigenvalue weighted by Crippen LogP contribution is -2.35. The van der Waals surface area contributed by atoms with Crippen molar-refractivity contribution in [2.45, 2.75) is 6.10 Å². The molecule has 0 saturated heterocycles. The van der Waals surface area contributed by atoms with E-state index < -0.39 is 6.10 Å². The van der Waals surface area contributed by atoms with Crippen LogP contribution in [0.5, 0.6) is 0 Å². The van der Waals surface area contributed by atoms with Crippen molar-refractivity contribution in [2.75, 3.05) is 0 Å². The van der Waals surface area contributed by atoms with Crippen LogP contribution < -0.4 is 10.4 Å². The van der Waals surface area contributed by atoms with Crippen LogP contribution in [0.3, 0.4) is 0 Å². The van der Waals surface area contributed by atoms with Gasteiger partial charge in [-0.2, -0.15) is 0 Å². The SMILES string of the molecule is O=CC1=CC(c2ccccc2)On2c1nc1ccccc1c2=O. The highest BCUT2D eigenvalue weighted by Crippen LogP contribution is 2.25. The second kappa shape index (κ2) is 5.21. The van der Waals surface area contributed by atoms with Gasteiger partial charge in [0.05, 0.1) is 16.5 Å². The largest absolute Gasteiger partial charge is 0.396 e. The summed E-state index contributed by atoms with van der Waals surface area (Å²) >= 11 is 0. The Hall–Kier alpha value is -3.21. The van der Waals surface area contributed by atoms with Gasteiger partial charge in [0, 0.05) is 0 Å². The number of nitrogens with zero attached hydrogens (tertiary/aromatic N) is 2. The van der Waals surface area contributed by atoms with Gasteiger partial charge in [-0.05, 0) is 23.8 Å². The van der Waals surface area contributed by atoms with Gasteiger partial charge in [0.15, 0.2) is 18.2 Å². The number of hydrogen-bond acceptors (Lipinski definition) is 4. The van der Waals surface area contributed by atoms with Gasteiger partial charge in [0.2, 0.25) is 0 Å². The highest BCUT2D eigenvalue weighted by molar-refractivity contribution is 6.06. The van der Waals surface area contributed by atoms with E-state index in [1.807, 2.05) is 30.3 Å². The normalized spacial score (nSPS) is 16.3. The second-order valence-corrected chi connectivity index (χ2v) is 5.23. The summed E-state index contributed by atoms with van der Waals surface area (Å²) in [5.74, 6) is 0.232. The maximum absolute atomic E-state index is 12.7. The van der Waals surface area contributed by atoms with Gasteiger partial charge in [0.25, 0.3) is 5.56 Å². The monoisotopic (exact) mass is 304 g/mol. The molecule has 0 spiro atoms. The molecule has 2 aromatic carbocycles. The molecule has 1 atom stereocenters. The van der Waals surface area contributed by atoms with E-state index in [1.54, 1.807) is 30.3 Å². The number of aldehydes is 1. The molecule has 23 heavy (non-hydrogen) atoms. The van der Waals surface area contributed by atoms with E-state index in [4.69, 9.17) is 4.84 Å². The highest BCUT2D eigenvalue weighted by atomic mass is 16.7.